The Labute approximate surface area is 131 Å². The van der Waals surface area contributed by atoms with Crippen LogP contribution in [0.15, 0.2) is 53.0 Å². The standard InChI is InChI=1S/C15H13BBrNO3/c1-10-13-4-2-3-5-14(13)16(20)21-18(10)15(19)11-6-8-12(17)9-7-11/h2-10,20H,1H3. The summed E-state index contributed by atoms with van der Waals surface area (Å²) in [5.41, 5.74) is 2.10. The van der Waals surface area contributed by atoms with Gasteiger partial charge in [0.15, 0.2) is 0 Å². The summed E-state index contributed by atoms with van der Waals surface area (Å²) in [6, 6.07) is 14.2. The summed E-state index contributed by atoms with van der Waals surface area (Å²) in [6.07, 6.45) is 0. The maximum atomic E-state index is 12.6. The number of benzene rings is 2. The number of hydrogen-bond acceptors (Lipinski definition) is 3. The van der Waals surface area contributed by atoms with Crippen LogP contribution >= 0.6 is 15.9 Å². The van der Waals surface area contributed by atoms with Crippen LogP contribution in [0.25, 0.3) is 0 Å². The Morgan fingerprint density at radius 2 is 1.90 bits per heavy atom. The van der Waals surface area contributed by atoms with E-state index < -0.39 is 7.12 Å². The van der Waals surface area contributed by atoms with Gasteiger partial charge in [0.1, 0.15) is 0 Å². The van der Waals surface area contributed by atoms with Crippen LogP contribution in [0.1, 0.15) is 28.9 Å². The molecule has 0 spiro atoms. The predicted octanol–water partition coefficient (Wildman–Crippen LogP) is 2.29. The second-order valence-corrected chi connectivity index (χ2v) is 5.82. The number of amides is 1. The van der Waals surface area contributed by atoms with Crippen molar-refractivity contribution < 1.29 is 14.6 Å². The van der Waals surface area contributed by atoms with Gasteiger partial charge in [-0.05, 0) is 42.2 Å². The zero-order valence-electron chi connectivity index (χ0n) is 11.4. The number of hydroxylamine groups is 2. The van der Waals surface area contributed by atoms with Gasteiger partial charge in [-0.2, -0.15) is 0 Å². The summed E-state index contributed by atoms with van der Waals surface area (Å²) < 4.78 is 6.30. The minimum absolute atomic E-state index is 0.263. The maximum absolute atomic E-state index is 12.6. The first-order valence-corrected chi connectivity index (χ1v) is 7.40. The van der Waals surface area contributed by atoms with Crippen molar-refractivity contribution in [3.8, 4) is 0 Å². The number of halogens is 1. The van der Waals surface area contributed by atoms with E-state index in [4.69, 9.17) is 4.76 Å². The largest absolute Gasteiger partial charge is 0.515 e. The Kier molecular flexibility index (Phi) is 3.84. The van der Waals surface area contributed by atoms with Crippen molar-refractivity contribution in [2.75, 3.05) is 0 Å². The third-order valence-electron chi connectivity index (χ3n) is 3.57. The fourth-order valence-corrected chi connectivity index (χ4v) is 2.71. The molecule has 2 aromatic carbocycles. The first-order chi connectivity index (χ1) is 10.1. The van der Waals surface area contributed by atoms with Crippen LogP contribution in [-0.2, 0) is 4.76 Å². The third-order valence-corrected chi connectivity index (χ3v) is 4.10. The van der Waals surface area contributed by atoms with E-state index in [1.165, 1.54) is 5.06 Å². The molecule has 1 aliphatic rings. The number of nitrogens with zero attached hydrogens (tertiary/aromatic N) is 1. The van der Waals surface area contributed by atoms with Gasteiger partial charge in [-0.15, -0.1) is 0 Å². The Hall–Kier alpha value is -1.63. The molecule has 0 saturated carbocycles. The van der Waals surface area contributed by atoms with Gasteiger partial charge in [0.25, 0.3) is 5.91 Å². The summed E-state index contributed by atoms with van der Waals surface area (Å²) in [5, 5.41) is 11.3. The monoisotopic (exact) mass is 345 g/mol. The molecule has 0 saturated heterocycles. The molecule has 1 amide bonds. The van der Waals surface area contributed by atoms with Crippen LogP contribution in [0.2, 0.25) is 0 Å². The SMILES string of the molecule is CC1c2ccccc2B(O)ON1C(=O)c1ccc(Br)cc1. The highest BCUT2D eigenvalue weighted by Gasteiger charge is 2.37. The lowest BCUT2D eigenvalue weighted by molar-refractivity contribution is -0.0766. The van der Waals surface area contributed by atoms with Gasteiger partial charge in [-0.25, -0.2) is 5.06 Å². The van der Waals surface area contributed by atoms with Crippen molar-refractivity contribution in [1.29, 1.82) is 0 Å². The van der Waals surface area contributed by atoms with E-state index in [0.29, 0.717) is 11.0 Å². The zero-order valence-corrected chi connectivity index (χ0v) is 12.9. The molecule has 1 aliphatic heterocycles. The first kappa shape index (κ1) is 14.3. The summed E-state index contributed by atoms with van der Waals surface area (Å²) in [7, 11) is -1.13. The van der Waals surface area contributed by atoms with Crippen molar-refractivity contribution in [1.82, 2.24) is 5.06 Å². The molecule has 2 aromatic rings. The molecule has 0 aromatic heterocycles. The normalized spacial score (nSPS) is 17.6. The lowest BCUT2D eigenvalue weighted by atomic mass is 9.74. The summed E-state index contributed by atoms with van der Waals surface area (Å²) in [6.45, 7) is 1.88. The molecule has 1 atom stereocenters. The minimum Gasteiger partial charge on any atom is -0.422 e. The molecule has 3 rings (SSSR count). The third kappa shape index (κ3) is 2.62. The van der Waals surface area contributed by atoms with Crippen LogP contribution in [-0.4, -0.2) is 23.1 Å². The lowest BCUT2D eigenvalue weighted by Gasteiger charge is -2.35. The fourth-order valence-electron chi connectivity index (χ4n) is 2.44. The Bertz CT molecular complexity index is 677. The number of hydrogen-bond donors (Lipinski definition) is 1. The van der Waals surface area contributed by atoms with Gasteiger partial charge in [0, 0.05) is 10.0 Å². The Morgan fingerprint density at radius 3 is 2.62 bits per heavy atom. The van der Waals surface area contributed by atoms with E-state index in [1.807, 2.05) is 25.1 Å². The van der Waals surface area contributed by atoms with Gasteiger partial charge in [0.05, 0.1) is 6.04 Å². The second-order valence-electron chi connectivity index (χ2n) is 4.90. The molecule has 21 heavy (non-hydrogen) atoms. The summed E-state index contributed by atoms with van der Waals surface area (Å²) in [5.74, 6) is -0.274. The van der Waals surface area contributed by atoms with Crippen LogP contribution in [0.3, 0.4) is 0 Å². The van der Waals surface area contributed by atoms with Crippen molar-refractivity contribution in [3.63, 3.8) is 0 Å². The van der Waals surface area contributed by atoms with E-state index in [-0.39, 0.29) is 11.9 Å². The molecule has 0 bridgehead atoms. The minimum atomic E-state index is -1.13. The summed E-state index contributed by atoms with van der Waals surface area (Å²) in [4.78, 5) is 12.6. The number of carbonyl (C=O) groups is 1. The first-order valence-electron chi connectivity index (χ1n) is 6.60. The quantitative estimate of drug-likeness (QED) is 0.807. The topological polar surface area (TPSA) is 49.8 Å². The van der Waals surface area contributed by atoms with Gasteiger partial charge in [-0.1, -0.05) is 40.2 Å². The van der Waals surface area contributed by atoms with Crippen LogP contribution in [0, 0.1) is 0 Å². The maximum Gasteiger partial charge on any atom is 0.515 e. The number of rotatable bonds is 1. The molecule has 6 heteroatoms. The summed E-state index contributed by atoms with van der Waals surface area (Å²) >= 11 is 3.34. The Morgan fingerprint density at radius 1 is 1.24 bits per heavy atom. The smallest absolute Gasteiger partial charge is 0.422 e. The molecule has 0 radical (unpaired) electrons. The lowest BCUT2D eigenvalue weighted by Crippen LogP contribution is -2.51. The highest BCUT2D eigenvalue weighted by molar-refractivity contribution is 9.10. The predicted molar refractivity (Wildman–Crippen MR) is 83.9 cm³/mol. The molecule has 0 fully saturated rings. The van der Waals surface area contributed by atoms with Gasteiger partial charge >= 0.3 is 7.12 Å². The van der Waals surface area contributed by atoms with E-state index in [9.17, 15) is 9.82 Å². The fraction of sp³-hybridized carbons (Fsp3) is 0.133. The van der Waals surface area contributed by atoms with Gasteiger partial charge in [-0.3, -0.25) is 9.55 Å². The van der Waals surface area contributed by atoms with E-state index in [1.54, 1.807) is 30.3 Å². The van der Waals surface area contributed by atoms with E-state index in [0.717, 1.165) is 10.0 Å². The average Bonchev–Trinajstić information content (AvgIpc) is 2.51. The van der Waals surface area contributed by atoms with Gasteiger partial charge < -0.3 is 5.02 Å². The molecule has 0 aliphatic carbocycles. The average molecular weight is 346 g/mol. The van der Waals surface area contributed by atoms with Crippen molar-refractivity contribution >= 4 is 34.4 Å². The molecular formula is C15H13BBrNO3. The van der Waals surface area contributed by atoms with Crippen molar-refractivity contribution in [2.45, 2.75) is 13.0 Å². The molecule has 1 heterocycles. The van der Waals surface area contributed by atoms with Gasteiger partial charge in [0.2, 0.25) is 0 Å². The highest BCUT2D eigenvalue weighted by atomic mass is 79.9. The van der Waals surface area contributed by atoms with Crippen LogP contribution in [0.4, 0.5) is 0 Å². The van der Waals surface area contributed by atoms with Crippen LogP contribution < -0.4 is 5.46 Å². The van der Waals surface area contributed by atoms with Crippen molar-refractivity contribution in [3.05, 3.63) is 64.1 Å². The van der Waals surface area contributed by atoms with Crippen molar-refractivity contribution in [2.24, 2.45) is 0 Å². The Balaban J connectivity index is 1.93. The number of carbonyl (C=O) groups excluding carboxylic acids is 1. The molecule has 1 N–H and O–H groups in total. The van der Waals surface area contributed by atoms with E-state index in [2.05, 4.69) is 15.9 Å². The molecule has 1 unspecified atom stereocenters. The molecule has 4 nitrogen and oxygen atoms in total. The second kappa shape index (κ2) is 5.64. The van der Waals surface area contributed by atoms with Crippen LogP contribution in [0.5, 0.6) is 0 Å². The van der Waals surface area contributed by atoms with E-state index >= 15 is 0 Å². The zero-order chi connectivity index (χ0) is 15.0. The number of fused-ring (bicyclic) bond motifs is 1. The molecule has 106 valence electrons. The highest BCUT2D eigenvalue weighted by Crippen LogP contribution is 2.26. The molecular weight excluding hydrogens is 333 g/mol.